The molecule has 0 saturated carbocycles. The molecule has 1 aliphatic heterocycles. The SMILES string of the molecule is CCOc1cccc2c1C(c1cccc3ccccc13)[C]OO2. The van der Waals surface area contributed by atoms with E-state index in [4.69, 9.17) is 14.5 Å². The maximum absolute atomic E-state index is 5.79. The van der Waals surface area contributed by atoms with Crippen molar-refractivity contribution in [2.24, 2.45) is 0 Å². The minimum Gasteiger partial charge on any atom is -0.493 e. The molecule has 1 unspecified atom stereocenters. The number of rotatable bonds is 3. The molecule has 4 rings (SSSR count). The summed E-state index contributed by atoms with van der Waals surface area (Å²) in [5.41, 5.74) is 2.08. The van der Waals surface area contributed by atoms with Crippen molar-refractivity contribution in [2.45, 2.75) is 12.8 Å². The van der Waals surface area contributed by atoms with E-state index in [0.717, 1.165) is 16.9 Å². The number of benzene rings is 3. The fourth-order valence-corrected chi connectivity index (χ4v) is 3.06. The first-order chi connectivity index (χ1) is 11.4. The summed E-state index contributed by atoms with van der Waals surface area (Å²) in [4.78, 5) is 10.4. The van der Waals surface area contributed by atoms with Gasteiger partial charge in [0, 0.05) is 0 Å². The first-order valence-electron chi connectivity index (χ1n) is 7.71. The van der Waals surface area contributed by atoms with Gasteiger partial charge in [0.15, 0.2) is 5.75 Å². The Kier molecular flexibility index (Phi) is 3.64. The highest BCUT2D eigenvalue weighted by atomic mass is 17.2. The highest BCUT2D eigenvalue weighted by Crippen LogP contribution is 2.45. The lowest BCUT2D eigenvalue weighted by Gasteiger charge is -2.26. The van der Waals surface area contributed by atoms with Gasteiger partial charge in [-0.15, -0.1) is 0 Å². The van der Waals surface area contributed by atoms with Gasteiger partial charge in [0.2, 0.25) is 6.61 Å². The lowest BCUT2D eigenvalue weighted by Crippen LogP contribution is -2.16. The quantitative estimate of drug-likeness (QED) is 0.655. The van der Waals surface area contributed by atoms with E-state index in [2.05, 4.69) is 36.9 Å². The highest BCUT2D eigenvalue weighted by molar-refractivity contribution is 5.87. The molecule has 0 saturated heterocycles. The zero-order valence-electron chi connectivity index (χ0n) is 12.8. The van der Waals surface area contributed by atoms with Crippen LogP contribution in [0.2, 0.25) is 0 Å². The Morgan fingerprint density at radius 2 is 1.83 bits per heavy atom. The molecule has 0 N–H and O–H groups in total. The van der Waals surface area contributed by atoms with Crippen LogP contribution in [0.3, 0.4) is 0 Å². The van der Waals surface area contributed by atoms with E-state index < -0.39 is 0 Å². The fourth-order valence-electron chi connectivity index (χ4n) is 3.06. The molecule has 0 spiro atoms. The molecular formula is C20H16O3. The van der Waals surface area contributed by atoms with Crippen LogP contribution in [-0.4, -0.2) is 6.61 Å². The lowest BCUT2D eigenvalue weighted by molar-refractivity contribution is -0.186. The topological polar surface area (TPSA) is 27.7 Å². The monoisotopic (exact) mass is 304 g/mol. The Morgan fingerprint density at radius 3 is 2.74 bits per heavy atom. The predicted octanol–water partition coefficient (Wildman–Crippen LogP) is 4.73. The molecule has 3 aromatic carbocycles. The summed E-state index contributed by atoms with van der Waals surface area (Å²) in [6.45, 7) is 5.55. The molecule has 2 radical (unpaired) electrons. The van der Waals surface area contributed by atoms with Gasteiger partial charge in [-0.25, -0.2) is 0 Å². The van der Waals surface area contributed by atoms with Crippen molar-refractivity contribution in [3.8, 4) is 11.5 Å². The van der Waals surface area contributed by atoms with Crippen molar-refractivity contribution >= 4 is 10.8 Å². The second kappa shape index (κ2) is 5.94. The zero-order valence-corrected chi connectivity index (χ0v) is 12.8. The van der Waals surface area contributed by atoms with E-state index >= 15 is 0 Å². The van der Waals surface area contributed by atoms with Gasteiger partial charge in [0.1, 0.15) is 5.75 Å². The maximum Gasteiger partial charge on any atom is 0.200 e. The normalized spacial score (nSPS) is 16.7. The van der Waals surface area contributed by atoms with Crippen LogP contribution in [0.25, 0.3) is 10.8 Å². The summed E-state index contributed by atoms with van der Waals surface area (Å²) in [6.07, 6.45) is 0. The Morgan fingerprint density at radius 1 is 1.00 bits per heavy atom. The number of fused-ring (bicyclic) bond motifs is 2. The Labute approximate surface area is 135 Å². The molecule has 23 heavy (non-hydrogen) atoms. The number of hydrogen-bond acceptors (Lipinski definition) is 3. The van der Waals surface area contributed by atoms with Crippen LogP contribution in [0.1, 0.15) is 24.0 Å². The molecule has 0 bridgehead atoms. The van der Waals surface area contributed by atoms with Crippen molar-refractivity contribution in [1.82, 2.24) is 0 Å². The third-order valence-corrected chi connectivity index (χ3v) is 4.05. The molecule has 114 valence electrons. The molecule has 1 heterocycles. The zero-order chi connectivity index (χ0) is 15.6. The summed E-state index contributed by atoms with van der Waals surface area (Å²) >= 11 is 0. The highest BCUT2D eigenvalue weighted by Gasteiger charge is 2.30. The molecule has 0 aliphatic carbocycles. The first kappa shape index (κ1) is 14.1. The number of ether oxygens (including phenoxy) is 1. The molecule has 3 heteroatoms. The standard InChI is InChI=1S/C20H16O3/c1-2-21-18-11-6-12-19-20(18)17(13-22-23-19)16-10-5-8-14-7-3-4-9-15(14)16/h3-12,17H,2H2,1H3. The van der Waals surface area contributed by atoms with Gasteiger partial charge < -0.3 is 9.62 Å². The average Bonchev–Trinajstić information content (AvgIpc) is 2.61. The van der Waals surface area contributed by atoms with Gasteiger partial charge in [-0.1, -0.05) is 48.5 Å². The molecule has 3 nitrogen and oxygen atoms in total. The molecule has 0 fully saturated rings. The second-order valence-corrected chi connectivity index (χ2v) is 5.39. The van der Waals surface area contributed by atoms with Crippen LogP contribution in [0.5, 0.6) is 11.5 Å². The van der Waals surface area contributed by atoms with Crippen molar-refractivity contribution in [3.63, 3.8) is 0 Å². The van der Waals surface area contributed by atoms with E-state index in [1.54, 1.807) is 0 Å². The van der Waals surface area contributed by atoms with E-state index in [-0.39, 0.29) is 5.92 Å². The summed E-state index contributed by atoms with van der Waals surface area (Å²) in [5, 5.41) is 2.36. The summed E-state index contributed by atoms with van der Waals surface area (Å²) in [7, 11) is 0. The van der Waals surface area contributed by atoms with E-state index in [1.165, 1.54) is 10.8 Å². The van der Waals surface area contributed by atoms with E-state index in [0.29, 0.717) is 12.4 Å². The van der Waals surface area contributed by atoms with Crippen LogP contribution in [0.4, 0.5) is 0 Å². The minimum atomic E-state index is -0.160. The van der Waals surface area contributed by atoms with Crippen LogP contribution < -0.4 is 9.62 Å². The molecule has 0 amide bonds. The second-order valence-electron chi connectivity index (χ2n) is 5.39. The van der Waals surface area contributed by atoms with E-state index in [9.17, 15) is 0 Å². The van der Waals surface area contributed by atoms with Gasteiger partial charge in [-0.3, -0.25) is 0 Å². The van der Waals surface area contributed by atoms with Gasteiger partial charge in [0.05, 0.1) is 18.1 Å². The van der Waals surface area contributed by atoms with Crippen LogP contribution in [-0.2, 0) is 4.89 Å². The van der Waals surface area contributed by atoms with Crippen LogP contribution >= 0.6 is 0 Å². The maximum atomic E-state index is 5.79. The van der Waals surface area contributed by atoms with Gasteiger partial charge in [-0.2, -0.15) is 4.89 Å². The fraction of sp³-hybridized carbons (Fsp3) is 0.150. The molecular weight excluding hydrogens is 288 g/mol. The van der Waals surface area contributed by atoms with E-state index in [1.807, 2.05) is 37.3 Å². The number of hydrogen-bond donors (Lipinski definition) is 0. The molecule has 1 aliphatic rings. The lowest BCUT2D eigenvalue weighted by atomic mass is 9.87. The third-order valence-electron chi connectivity index (χ3n) is 4.05. The summed E-state index contributed by atoms with van der Waals surface area (Å²) < 4.78 is 5.79. The van der Waals surface area contributed by atoms with Crippen LogP contribution in [0, 0.1) is 6.61 Å². The largest absolute Gasteiger partial charge is 0.493 e. The van der Waals surface area contributed by atoms with Crippen molar-refractivity contribution in [2.75, 3.05) is 6.61 Å². The summed E-state index contributed by atoms with van der Waals surface area (Å²) in [6, 6.07) is 20.3. The molecule has 0 aromatic heterocycles. The Bertz CT molecular complexity index is 836. The average molecular weight is 304 g/mol. The summed E-state index contributed by atoms with van der Waals surface area (Å²) in [5.74, 6) is 1.32. The predicted molar refractivity (Wildman–Crippen MR) is 88.4 cm³/mol. The van der Waals surface area contributed by atoms with Crippen LogP contribution in [0.15, 0.2) is 60.7 Å². The Hall–Kier alpha value is -2.52. The third kappa shape index (κ3) is 2.43. The van der Waals surface area contributed by atoms with Gasteiger partial charge in [-0.05, 0) is 35.4 Å². The first-order valence-corrected chi connectivity index (χ1v) is 7.71. The van der Waals surface area contributed by atoms with Gasteiger partial charge in [0.25, 0.3) is 0 Å². The minimum absolute atomic E-state index is 0.160. The van der Waals surface area contributed by atoms with Crippen molar-refractivity contribution in [3.05, 3.63) is 78.4 Å². The van der Waals surface area contributed by atoms with Crippen molar-refractivity contribution < 1.29 is 14.5 Å². The Balaban J connectivity index is 1.91. The molecule has 1 atom stereocenters. The smallest absolute Gasteiger partial charge is 0.200 e. The molecule has 3 aromatic rings. The van der Waals surface area contributed by atoms with Crippen molar-refractivity contribution in [1.29, 1.82) is 0 Å². The van der Waals surface area contributed by atoms with Gasteiger partial charge >= 0.3 is 0 Å².